The van der Waals surface area contributed by atoms with Crippen LogP contribution in [0.1, 0.15) is 32.3 Å². The molecule has 0 amide bonds. The van der Waals surface area contributed by atoms with Gasteiger partial charge < -0.3 is 19.9 Å². The van der Waals surface area contributed by atoms with Gasteiger partial charge in [0.05, 0.1) is 16.0 Å². The van der Waals surface area contributed by atoms with Crippen LogP contribution in [0.5, 0.6) is 17.2 Å². The van der Waals surface area contributed by atoms with E-state index >= 15 is 0 Å². The molecule has 5 aromatic rings. The molecule has 1 aliphatic heterocycles. The maximum Gasteiger partial charge on any atom is 0.355 e. The standard InChI is InChI=1S/C32H20Cl2N2O4S/c33-24-10-5-11-26-28(24)29(34)30(41-26)32(37)39-21-12-13-22-25(15-21)40-31(36)23(16-35)27(22)19-8-4-9-20(14-19)38-17-18-6-2-1-3-7-18/h1-15,27H,17,36H2. The molecule has 0 bridgehead atoms. The summed E-state index contributed by atoms with van der Waals surface area (Å²) in [6, 6.07) is 29.9. The molecule has 6 nitrogen and oxygen atoms in total. The molecule has 0 aliphatic carbocycles. The first-order chi connectivity index (χ1) is 19.9. The molecule has 202 valence electrons. The number of benzene rings is 4. The van der Waals surface area contributed by atoms with Crippen LogP contribution in [0.2, 0.25) is 10.0 Å². The van der Waals surface area contributed by atoms with Gasteiger partial charge in [-0.25, -0.2) is 4.79 Å². The Morgan fingerprint density at radius 2 is 1.78 bits per heavy atom. The molecule has 41 heavy (non-hydrogen) atoms. The van der Waals surface area contributed by atoms with Crippen molar-refractivity contribution in [1.82, 2.24) is 0 Å². The Morgan fingerprint density at radius 3 is 2.56 bits per heavy atom. The summed E-state index contributed by atoms with van der Waals surface area (Å²) in [5.41, 5.74) is 9.01. The quantitative estimate of drug-likeness (QED) is 0.156. The minimum absolute atomic E-state index is 0.0220. The van der Waals surface area contributed by atoms with Crippen LogP contribution in [0.15, 0.2) is 102 Å². The number of esters is 1. The molecule has 0 spiro atoms. The molecule has 1 aromatic heterocycles. The Bertz CT molecular complexity index is 1880. The third-order valence-electron chi connectivity index (χ3n) is 6.63. The van der Waals surface area contributed by atoms with Gasteiger partial charge in [-0.3, -0.25) is 0 Å². The Morgan fingerprint density at radius 1 is 0.976 bits per heavy atom. The second-order valence-electron chi connectivity index (χ2n) is 9.22. The largest absolute Gasteiger partial charge is 0.489 e. The number of nitriles is 1. The number of nitrogens with zero attached hydrogens (tertiary/aromatic N) is 1. The van der Waals surface area contributed by atoms with Crippen molar-refractivity contribution >= 4 is 50.6 Å². The van der Waals surface area contributed by atoms with Crippen LogP contribution in [-0.4, -0.2) is 5.97 Å². The first-order valence-electron chi connectivity index (χ1n) is 12.5. The van der Waals surface area contributed by atoms with E-state index in [0.717, 1.165) is 15.8 Å². The number of carbonyl (C=O) groups excluding carboxylic acids is 1. The number of hydrogen-bond donors (Lipinski definition) is 1. The van der Waals surface area contributed by atoms with Crippen LogP contribution in [-0.2, 0) is 6.61 Å². The van der Waals surface area contributed by atoms with E-state index in [0.29, 0.717) is 34.1 Å². The lowest BCUT2D eigenvalue weighted by Crippen LogP contribution is -2.21. The lowest BCUT2D eigenvalue weighted by Gasteiger charge is -2.27. The molecular weight excluding hydrogens is 579 g/mol. The zero-order chi connectivity index (χ0) is 28.5. The summed E-state index contributed by atoms with van der Waals surface area (Å²) < 4.78 is 18.3. The smallest absolute Gasteiger partial charge is 0.355 e. The van der Waals surface area contributed by atoms with Crippen LogP contribution < -0.4 is 19.9 Å². The average molecular weight is 599 g/mol. The number of thiophene rings is 1. The molecule has 2 N–H and O–H groups in total. The summed E-state index contributed by atoms with van der Waals surface area (Å²) in [7, 11) is 0. The molecule has 0 radical (unpaired) electrons. The van der Waals surface area contributed by atoms with Crippen molar-refractivity contribution in [2.45, 2.75) is 12.5 Å². The molecule has 0 fully saturated rings. The third kappa shape index (κ3) is 5.21. The summed E-state index contributed by atoms with van der Waals surface area (Å²) in [6.07, 6.45) is 0. The molecule has 4 aromatic carbocycles. The molecule has 0 saturated heterocycles. The van der Waals surface area contributed by atoms with Gasteiger partial charge in [0.25, 0.3) is 0 Å². The lowest BCUT2D eigenvalue weighted by atomic mass is 9.83. The van der Waals surface area contributed by atoms with Crippen LogP contribution in [0.4, 0.5) is 0 Å². The van der Waals surface area contributed by atoms with E-state index in [4.69, 9.17) is 43.1 Å². The van der Waals surface area contributed by atoms with E-state index in [9.17, 15) is 10.1 Å². The normalized spacial score (nSPS) is 14.2. The van der Waals surface area contributed by atoms with Crippen molar-refractivity contribution in [2.24, 2.45) is 5.73 Å². The predicted octanol–water partition coefficient (Wildman–Crippen LogP) is 8.22. The van der Waals surface area contributed by atoms with Crippen molar-refractivity contribution in [1.29, 1.82) is 5.26 Å². The second kappa shape index (κ2) is 11.2. The highest BCUT2D eigenvalue weighted by molar-refractivity contribution is 7.21. The van der Waals surface area contributed by atoms with E-state index in [1.54, 1.807) is 30.3 Å². The van der Waals surface area contributed by atoms with Crippen molar-refractivity contribution in [3.63, 3.8) is 0 Å². The topological polar surface area (TPSA) is 94.6 Å². The number of hydrogen-bond acceptors (Lipinski definition) is 7. The van der Waals surface area contributed by atoms with Gasteiger partial charge >= 0.3 is 5.97 Å². The molecule has 9 heteroatoms. The van der Waals surface area contributed by atoms with E-state index in [1.165, 1.54) is 11.3 Å². The molecule has 1 unspecified atom stereocenters. The van der Waals surface area contributed by atoms with Crippen molar-refractivity contribution in [3.8, 4) is 23.3 Å². The van der Waals surface area contributed by atoms with Gasteiger partial charge in [0.2, 0.25) is 5.88 Å². The maximum absolute atomic E-state index is 13.1. The first-order valence-corrected chi connectivity index (χ1v) is 14.1. The van der Waals surface area contributed by atoms with E-state index in [2.05, 4.69) is 6.07 Å². The zero-order valence-corrected chi connectivity index (χ0v) is 23.6. The minimum Gasteiger partial charge on any atom is -0.489 e. The fourth-order valence-corrected chi connectivity index (χ4v) is 6.55. The Labute approximate surface area is 249 Å². The number of ether oxygens (including phenoxy) is 3. The third-order valence-corrected chi connectivity index (χ3v) is 8.57. The highest BCUT2D eigenvalue weighted by Gasteiger charge is 2.31. The van der Waals surface area contributed by atoms with Gasteiger partial charge in [-0.05, 0) is 41.5 Å². The molecule has 1 atom stereocenters. The van der Waals surface area contributed by atoms with E-state index in [-0.39, 0.29) is 27.1 Å². The van der Waals surface area contributed by atoms with E-state index in [1.807, 2.05) is 60.7 Å². The number of nitrogens with two attached hydrogens (primary N) is 1. The van der Waals surface area contributed by atoms with Gasteiger partial charge in [0.15, 0.2) is 0 Å². The van der Waals surface area contributed by atoms with Crippen molar-refractivity contribution < 1.29 is 19.0 Å². The van der Waals surface area contributed by atoms with Crippen LogP contribution in [0.25, 0.3) is 10.1 Å². The van der Waals surface area contributed by atoms with Crippen LogP contribution >= 0.6 is 34.5 Å². The highest BCUT2D eigenvalue weighted by atomic mass is 35.5. The number of allylic oxidation sites excluding steroid dienone is 1. The molecule has 2 heterocycles. The van der Waals surface area contributed by atoms with Gasteiger partial charge in [-0.1, -0.05) is 77.8 Å². The summed E-state index contributed by atoms with van der Waals surface area (Å²) >= 11 is 14.0. The summed E-state index contributed by atoms with van der Waals surface area (Å²) in [5.74, 6) is 0.114. The van der Waals surface area contributed by atoms with Gasteiger partial charge in [0.1, 0.15) is 40.4 Å². The lowest BCUT2D eigenvalue weighted by molar-refractivity contribution is 0.0740. The predicted molar refractivity (Wildman–Crippen MR) is 160 cm³/mol. The van der Waals surface area contributed by atoms with Crippen molar-refractivity contribution in [3.05, 3.63) is 134 Å². The Balaban J connectivity index is 1.29. The average Bonchev–Trinajstić information content (AvgIpc) is 3.33. The molecule has 0 saturated carbocycles. The van der Waals surface area contributed by atoms with Crippen LogP contribution in [0.3, 0.4) is 0 Å². The van der Waals surface area contributed by atoms with Gasteiger partial charge in [0, 0.05) is 21.7 Å². The summed E-state index contributed by atoms with van der Waals surface area (Å²) in [6.45, 7) is 0.405. The fourth-order valence-electron chi connectivity index (χ4n) is 4.72. The number of rotatable bonds is 6. The summed E-state index contributed by atoms with van der Waals surface area (Å²) in [4.78, 5) is 13.3. The molecular formula is C32H20Cl2N2O4S. The number of fused-ring (bicyclic) bond motifs is 2. The van der Waals surface area contributed by atoms with Crippen LogP contribution in [0, 0.1) is 11.3 Å². The zero-order valence-electron chi connectivity index (χ0n) is 21.3. The maximum atomic E-state index is 13.1. The minimum atomic E-state index is -0.621. The van der Waals surface area contributed by atoms with Gasteiger partial charge in [-0.2, -0.15) is 5.26 Å². The first kappa shape index (κ1) is 26.7. The Kier molecular flexibility index (Phi) is 7.29. The fraction of sp³-hybridized carbons (Fsp3) is 0.0625. The van der Waals surface area contributed by atoms with Gasteiger partial charge in [-0.15, -0.1) is 11.3 Å². The Hall–Kier alpha value is -4.48. The van der Waals surface area contributed by atoms with E-state index < -0.39 is 11.9 Å². The molecule has 1 aliphatic rings. The monoisotopic (exact) mass is 598 g/mol. The highest BCUT2D eigenvalue weighted by Crippen LogP contribution is 2.45. The number of carbonyl (C=O) groups is 1. The second-order valence-corrected chi connectivity index (χ2v) is 11.1. The number of halogens is 2. The summed E-state index contributed by atoms with van der Waals surface area (Å²) in [5, 5.41) is 11.3. The molecule has 6 rings (SSSR count). The SMILES string of the molecule is N#CC1=C(N)Oc2cc(OC(=O)c3sc4cccc(Cl)c4c3Cl)ccc2C1c1cccc(OCc2ccccc2)c1. The van der Waals surface area contributed by atoms with Crippen molar-refractivity contribution in [2.75, 3.05) is 0 Å².